The van der Waals surface area contributed by atoms with Crippen LogP contribution in [0, 0.1) is 5.92 Å². The van der Waals surface area contributed by atoms with Gasteiger partial charge in [-0.25, -0.2) is 9.59 Å². The predicted octanol–water partition coefficient (Wildman–Crippen LogP) is 6.74. The Morgan fingerprint density at radius 2 is 1.38 bits per heavy atom. The molecule has 7 nitrogen and oxygen atoms in total. The number of rotatable bonds is 3. The molecule has 1 rings (SSSR count). The first-order valence-corrected chi connectivity index (χ1v) is 12.3. The largest absolute Gasteiger partial charge is 0.480 e. The van der Waals surface area contributed by atoms with Gasteiger partial charge in [0.25, 0.3) is 0 Å². The van der Waals surface area contributed by atoms with E-state index in [-0.39, 0.29) is 6.54 Å². The molecule has 1 fully saturated rings. The van der Waals surface area contributed by atoms with Crippen LogP contribution in [0.25, 0.3) is 0 Å². The lowest BCUT2D eigenvalue weighted by Gasteiger charge is -2.23. The van der Waals surface area contributed by atoms with Crippen molar-refractivity contribution in [2.24, 2.45) is 5.92 Å². The monoisotopic (exact) mass is 464 g/mol. The summed E-state index contributed by atoms with van der Waals surface area (Å²) in [4.78, 5) is 35.4. The maximum Gasteiger partial charge on any atom is 0.408 e. The summed E-state index contributed by atoms with van der Waals surface area (Å²) in [7, 11) is 0. The predicted molar refractivity (Wildman–Crippen MR) is 137 cm³/mol. The Hall–Kier alpha value is -1.79. The Labute approximate surface area is 199 Å². The molecule has 0 saturated carbocycles. The zero-order valence-electron chi connectivity index (χ0n) is 23.7. The Kier molecular flexibility index (Phi) is 34.5. The van der Waals surface area contributed by atoms with E-state index in [0.717, 1.165) is 5.92 Å². The van der Waals surface area contributed by atoms with Crippen LogP contribution in [-0.2, 0) is 14.3 Å². The summed E-state index contributed by atoms with van der Waals surface area (Å²) >= 11 is 0. The van der Waals surface area contributed by atoms with Gasteiger partial charge >= 0.3 is 12.1 Å². The van der Waals surface area contributed by atoms with Crippen molar-refractivity contribution >= 4 is 18.0 Å². The Bertz CT molecular complexity index is 430. The molecule has 0 aliphatic carbocycles. The fraction of sp³-hybridized carbons (Fsp3) is 0.880. The number of hydrogen-bond donors (Lipinski definition) is 2. The first kappa shape index (κ1) is 40.6. The van der Waals surface area contributed by atoms with Gasteiger partial charge in [0.15, 0.2) is 0 Å². The molecule has 1 heterocycles. The third-order valence-corrected chi connectivity index (χ3v) is 2.64. The molecule has 0 aromatic heterocycles. The molecule has 1 atom stereocenters. The fourth-order valence-corrected chi connectivity index (χ4v) is 1.89. The quantitative estimate of drug-likeness (QED) is 0.482. The number of carbonyl (C=O) groups is 3. The van der Waals surface area contributed by atoms with Gasteiger partial charge in [-0.05, 0) is 39.5 Å². The van der Waals surface area contributed by atoms with E-state index >= 15 is 0 Å². The zero-order chi connectivity index (χ0) is 26.9. The summed E-state index contributed by atoms with van der Waals surface area (Å²) in [6, 6.07) is -0.784. The van der Waals surface area contributed by atoms with Crippen molar-refractivity contribution in [1.29, 1.82) is 0 Å². The van der Waals surface area contributed by atoms with Gasteiger partial charge in [-0.15, -0.1) is 0 Å². The highest BCUT2D eigenvalue weighted by molar-refractivity contribution is 5.87. The van der Waals surface area contributed by atoms with Crippen molar-refractivity contribution in [2.75, 3.05) is 13.1 Å². The number of carboxylic acids is 1. The molecular formula is C25H56N2O5. The maximum absolute atomic E-state index is 11.8. The second-order valence-corrected chi connectivity index (χ2v) is 7.88. The van der Waals surface area contributed by atoms with Crippen LogP contribution in [0.2, 0.25) is 0 Å². The highest BCUT2D eigenvalue weighted by Crippen LogP contribution is 2.17. The van der Waals surface area contributed by atoms with Gasteiger partial charge in [0.1, 0.15) is 18.2 Å². The van der Waals surface area contributed by atoms with E-state index in [4.69, 9.17) is 9.84 Å². The van der Waals surface area contributed by atoms with Crippen LogP contribution in [0.3, 0.4) is 0 Å². The molecule has 0 bridgehead atoms. The van der Waals surface area contributed by atoms with E-state index < -0.39 is 29.6 Å². The van der Waals surface area contributed by atoms with Crippen molar-refractivity contribution in [1.82, 2.24) is 10.2 Å². The van der Waals surface area contributed by atoms with Crippen LogP contribution < -0.4 is 5.32 Å². The van der Waals surface area contributed by atoms with Crippen molar-refractivity contribution in [2.45, 2.75) is 128 Å². The van der Waals surface area contributed by atoms with Gasteiger partial charge < -0.3 is 20.1 Å². The molecule has 0 radical (unpaired) electrons. The number of alkyl carbamates (subject to hydrolysis) is 1. The van der Waals surface area contributed by atoms with Crippen LogP contribution >= 0.6 is 0 Å². The normalized spacial score (nSPS) is 13.6. The average Bonchev–Trinajstić information content (AvgIpc) is 3.20. The van der Waals surface area contributed by atoms with E-state index in [2.05, 4.69) is 39.9 Å². The second-order valence-electron chi connectivity index (χ2n) is 7.88. The van der Waals surface area contributed by atoms with E-state index in [9.17, 15) is 14.4 Å². The lowest BCUT2D eigenvalue weighted by molar-refractivity contribution is -0.147. The number of amides is 2. The first-order valence-electron chi connectivity index (χ1n) is 12.3. The van der Waals surface area contributed by atoms with Crippen LogP contribution in [0.15, 0.2) is 0 Å². The number of hydrogen-bond acceptors (Lipinski definition) is 4. The minimum atomic E-state index is -1.01. The number of carbonyl (C=O) groups excluding carboxylic acids is 2. The number of likely N-dealkylation sites (tertiary alicyclic amines) is 1. The lowest BCUT2D eigenvalue weighted by Crippen LogP contribution is -2.46. The average molecular weight is 465 g/mol. The zero-order valence-corrected chi connectivity index (χ0v) is 23.7. The molecule has 1 aliphatic heterocycles. The van der Waals surface area contributed by atoms with E-state index in [1.165, 1.54) is 11.3 Å². The molecule has 0 aromatic rings. The summed E-state index contributed by atoms with van der Waals surface area (Å²) in [5.74, 6) is -0.584. The van der Waals surface area contributed by atoms with E-state index in [1.807, 2.05) is 41.5 Å². The molecule has 196 valence electrons. The molecule has 2 amide bonds. The van der Waals surface area contributed by atoms with Crippen molar-refractivity contribution in [3.63, 3.8) is 0 Å². The molecule has 0 spiro atoms. The highest BCUT2D eigenvalue weighted by Gasteiger charge is 2.33. The van der Waals surface area contributed by atoms with Crippen LogP contribution in [0.5, 0.6) is 0 Å². The number of aliphatic carboxylic acids is 1. The number of nitrogens with zero attached hydrogens (tertiary/aromatic N) is 1. The minimum Gasteiger partial charge on any atom is -0.480 e. The van der Waals surface area contributed by atoms with Crippen molar-refractivity contribution in [3.05, 3.63) is 0 Å². The number of carboxylic acid groups (broad SMARTS) is 1. The van der Waals surface area contributed by atoms with Crippen LogP contribution in [0.1, 0.15) is 116 Å². The van der Waals surface area contributed by atoms with Gasteiger partial charge in [0.2, 0.25) is 5.91 Å². The first-order chi connectivity index (χ1) is 14.9. The third kappa shape index (κ3) is 30.4. The molecule has 1 unspecified atom stereocenters. The van der Waals surface area contributed by atoms with Crippen LogP contribution in [-0.4, -0.2) is 52.7 Å². The van der Waals surface area contributed by atoms with Crippen LogP contribution in [0.4, 0.5) is 4.79 Å². The summed E-state index contributed by atoms with van der Waals surface area (Å²) in [5, 5.41) is 11.3. The number of ether oxygens (including phenoxy) is 1. The maximum atomic E-state index is 11.8. The fourth-order valence-electron chi connectivity index (χ4n) is 1.89. The van der Waals surface area contributed by atoms with Gasteiger partial charge in [-0.2, -0.15) is 0 Å². The lowest BCUT2D eigenvalue weighted by atomic mass is 10.2. The Balaban J connectivity index is -0.000000156. The molecule has 32 heavy (non-hydrogen) atoms. The topological polar surface area (TPSA) is 95.9 Å². The smallest absolute Gasteiger partial charge is 0.408 e. The minimum absolute atomic E-state index is 0.251. The van der Waals surface area contributed by atoms with Crippen molar-refractivity contribution < 1.29 is 24.2 Å². The summed E-state index contributed by atoms with van der Waals surface area (Å²) in [6.45, 7) is 28.1. The molecule has 7 heteroatoms. The SMILES string of the molecule is CC.CC.CC.CC(C)(C)OC(=O)NCC(=O)N1CCCC1C(=O)O.CC(C)C.CCC. The van der Waals surface area contributed by atoms with E-state index in [1.54, 1.807) is 20.8 Å². The van der Waals surface area contributed by atoms with E-state index in [0.29, 0.717) is 19.4 Å². The summed E-state index contributed by atoms with van der Waals surface area (Å²) in [5.41, 5.74) is -0.635. The summed E-state index contributed by atoms with van der Waals surface area (Å²) in [6.07, 6.45) is 1.68. The Morgan fingerprint density at radius 1 is 1.00 bits per heavy atom. The highest BCUT2D eigenvalue weighted by atomic mass is 16.6. The molecule has 2 N–H and O–H groups in total. The summed E-state index contributed by atoms with van der Waals surface area (Å²) < 4.78 is 4.99. The second kappa shape index (κ2) is 27.2. The van der Waals surface area contributed by atoms with Gasteiger partial charge in [-0.3, -0.25) is 4.79 Å². The molecule has 0 aromatic carbocycles. The van der Waals surface area contributed by atoms with Gasteiger partial charge in [-0.1, -0.05) is 82.6 Å². The molecule has 1 saturated heterocycles. The van der Waals surface area contributed by atoms with Gasteiger partial charge in [0.05, 0.1) is 0 Å². The molecular weight excluding hydrogens is 408 g/mol. The van der Waals surface area contributed by atoms with Crippen molar-refractivity contribution in [3.8, 4) is 0 Å². The Morgan fingerprint density at radius 3 is 1.69 bits per heavy atom. The standard InChI is InChI=1S/C12H20N2O5.C4H10.C3H8.3C2H6/c1-12(2,3)19-11(18)13-7-9(15)14-6-4-5-8(14)10(16)17;1-4(2)3;1-3-2;3*1-2/h8H,4-7H2,1-3H3,(H,13,18)(H,16,17);4H,1-3H3;3H2,1-2H3;3*1-2H3. The van der Waals surface area contributed by atoms with Gasteiger partial charge in [0, 0.05) is 6.54 Å². The molecule has 1 aliphatic rings. The number of nitrogens with one attached hydrogen (secondary N) is 1. The third-order valence-electron chi connectivity index (χ3n) is 2.64.